The molecule has 3 heterocycles. The Balaban J connectivity index is 1.60. The van der Waals surface area contributed by atoms with E-state index >= 15 is 0 Å². The van der Waals surface area contributed by atoms with Crippen molar-refractivity contribution in [1.29, 1.82) is 0 Å². The maximum Gasteiger partial charge on any atom is 0.459 e. The van der Waals surface area contributed by atoms with Gasteiger partial charge < -0.3 is 9.64 Å². The van der Waals surface area contributed by atoms with Crippen molar-refractivity contribution >= 4 is 34.4 Å². The number of rotatable bonds is 4. The van der Waals surface area contributed by atoms with Gasteiger partial charge in [-0.1, -0.05) is 6.08 Å². The van der Waals surface area contributed by atoms with Crippen molar-refractivity contribution in [2.24, 2.45) is 5.10 Å². The highest BCUT2D eigenvalue weighted by atomic mass is 32.1. The number of thiophene rings is 1. The number of amides is 1. The first-order chi connectivity index (χ1) is 17.6. The van der Waals surface area contributed by atoms with Crippen LogP contribution in [0.3, 0.4) is 0 Å². The molecule has 13 heteroatoms. The number of carbonyl (C=O) groups excluding carboxylic acids is 1. The fraction of sp³-hybridized carbons (Fsp3) is 0.440. The average molecular weight is 564 g/mol. The Morgan fingerprint density at radius 3 is 2.37 bits per heavy atom. The van der Waals surface area contributed by atoms with Crippen LogP contribution in [0.4, 0.5) is 41.2 Å². The summed E-state index contributed by atoms with van der Waals surface area (Å²) in [5.41, 5.74) is -1.67. The summed E-state index contributed by atoms with van der Waals surface area (Å²) >= 11 is 1.14. The Bertz CT molecular complexity index is 1280. The van der Waals surface area contributed by atoms with Gasteiger partial charge in [0.1, 0.15) is 17.1 Å². The first-order valence-electron chi connectivity index (χ1n) is 11.6. The fourth-order valence-electron chi connectivity index (χ4n) is 4.06. The summed E-state index contributed by atoms with van der Waals surface area (Å²) in [6, 6.07) is 4.40. The zero-order valence-corrected chi connectivity index (χ0v) is 21.4. The van der Waals surface area contributed by atoms with Gasteiger partial charge in [-0.25, -0.2) is 13.6 Å². The summed E-state index contributed by atoms with van der Waals surface area (Å²) in [4.78, 5) is 14.9. The summed E-state index contributed by atoms with van der Waals surface area (Å²) in [5, 5.41) is 4.23. The lowest BCUT2D eigenvalue weighted by atomic mass is 10.0. The van der Waals surface area contributed by atoms with E-state index in [1.165, 1.54) is 4.90 Å². The number of nitrogens with zero attached hydrogens (tertiary/aromatic N) is 3. The van der Waals surface area contributed by atoms with Gasteiger partial charge >= 0.3 is 18.2 Å². The SMILES string of the molecule is CC(C)(C)OC(=O)N1CC=C(c2ccc(C3CC(C(F)(F)C(F)(F)F)=NN3c3ccc(F)cc3F)s2)CC1. The largest absolute Gasteiger partial charge is 0.459 e. The van der Waals surface area contributed by atoms with E-state index < -0.39 is 59.3 Å². The summed E-state index contributed by atoms with van der Waals surface area (Å²) in [6.45, 7) is 5.92. The molecular formula is C25H24F7N3O2S. The highest BCUT2D eigenvalue weighted by Crippen LogP contribution is 2.46. The molecule has 0 aliphatic carbocycles. The Morgan fingerprint density at radius 2 is 1.79 bits per heavy atom. The molecule has 4 rings (SSSR count). The van der Waals surface area contributed by atoms with Crippen LogP contribution in [-0.4, -0.2) is 47.5 Å². The molecule has 2 aromatic rings. The molecule has 2 aliphatic heterocycles. The zero-order valence-electron chi connectivity index (χ0n) is 20.6. The monoisotopic (exact) mass is 563 g/mol. The van der Waals surface area contributed by atoms with Crippen molar-refractivity contribution < 1.29 is 40.3 Å². The number of hydrazone groups is 1. The van der Waals surface area contributed by atoms with Crippen LogP contribution in [0.25, 0.3) is 5.57 Å². The lowest BCUT2D eigenvalue weighted by molar-refractivity contribution is -0.249. The molecule has 0 N–H and O–H groups in total. The van der Waals surface area contributed by atoms with E-state index in [1.54, 1.807) is 32.9 Å². The van der Waals surface area contributed by atoms with Gasteiger partial charge in [-0.2, -0.15) is 27.1 Å². The second kappa shape index (κ2) is 9.90. The van der Waals surface area contributed by atoms with Crippen molar-refractivity contribution in [3.63, 3.8) is 0 Å². The number of hydrogen-bond donors (Lipinski definition) is 0. The van der Waals surface area contributed by atoms with Gasteiger partial charge in [-0.05, 0) is 57.0 Å². The molecule has 0 radical (unpaired) electrons. The van der Waals surface area contributed by atoms with E-state index in [4.69, 9.17) is 4.74 Å². The van der Waals surface area contributed by atoms with Gasteiger partial charge in [0.25, 0.3) is 0 Å². The van der Waals surface area contributed by atoms with Gasteiger partial charge in [-0.3, -0.25) is 5.01 Å². The first-order valence-corrected chi connectivity index (χ1v) is 12.4. The zero-order chi connectivity index (χ0) is 28.0. The fourth-order valence-corrected chi connectivity index (χ4v) is 5.23. The van der Waals surface area contributed by atoms with Crippen LogP contribution in [-0.2, 0) is 4.74 Å². The normalized spacial score (nSPS) is 18.9. The highest BCUT2D eigenvalue weighted by Gasteiger charge is 2.63. The molecular weight excluding hydrogens is 539 g/mol. The molecule has 0 saturated carbocycles. The molecule has 1 atom stereocenters. The van der Waals surface area contributed by atoms with E-state index in [1.807, 2.05) is 6.08 Å². The lowest BCUT2D eigenvalue weighted by Gasteiger charge is -2.29. The smallest absolute Gasteiger partial charge is 0.444 e. The Hall–Kier alpha value is -3.09. The third-order valence-electron chi connectivity index (χ3n) is 5.92. The molecule has 38 heavy (non-hydrogen) atoms. The van der Waals surface area contributed by atoms with Gasteiger partial charge in [0.05, 0.1) is 11.7 Å². The molecule has 0 saturated heterocycles. The van der Waals surface area contributed by atoms with E-state index in [-0.39, 0.29) is 6.54 Å². The molecule has 2 aliphatic rings. The molecule has 1 unspecified atom stereocenters. The van der Waals surface area contributed by atoms with Crippen LogP contribution in [0, 0.1) is 11.6 Å². The van der Waals surface area contributed by atoms with Crippen molar-refractivity contribution in [1.82, 2.24) is 4.90 Å². The van der Waals surface area contributed by atoms with E-state index in [0.29, 0.717) is 23.9 Å². The first kappa shape index (κ1) is 27.9. The third kappa shape index (κ3) is 5.67. The predicted octanol–water partition coefficient (Wildman–Crippen LogP) is 7.56. The molecule has 0 bridgehead atoms. The summed E-state index contributed by atoms with van der Waals surface area (Å²) in [7, 11) is 0. The molecule has 1 amide bonds. The summed E-state index contributed by atoms with van der Waals surface area (Å²) < 4.78 is 101. The topological polar surface area (TPSA) is 45.1 Å². The summed E-state index contributed by atoms with van der Waals surface area (Å²) in [5.74, 6) is -7.31. The molecule has 0 fully saturated rings. The van der Waals surface area contributed by atoms with Crippen LogP contribution in [0.15, 0.2) is 41.5 Å². The van der Waals surface area contributed by atoms with Crippen LogP contribution >= 0.6 is 11.3 Å². The molecule has 206 valence electrons. The number of benzene rings is 1. The molecule has 1 aromatic heterocycles. The molecule has 0 spiro atoms. The number of carbonyl (C=O) groups is 1. The van der Waals surface area contributed by atoms with Crippen LogP contribution in [0.5, 0.6) is 0 Å². The van der Waals surface area contributed by atoms with Gasteiger partial charge in [-0.15, -0.1) is 11.3 Å². The number of anilines is 1. The predicted molar refractivity (Wildman–Crippen MR) is 129 cm³/mol. The number of halogens is 7. The number of hydrogen-bond acceptors (Lipinski definition) is 5. The third-order valence-corrected chi connectivity index (χ3v) is 7.18. The van der Waals surface area contributed by atoms with Crippen LogP contribution in [0.1, 0.15) is 49.4 Å². The number of ether oxygens (including phenoxy) is 1. The minimum Gasteiger partial charge on any atom is -0.444 e. The minimum atomic E-state index is -5.89. The van der Waals surface area contributed by atoms with Crippen molar-refractivity contribution in [2.45, 2.75) is 57.4 Å². The van der Waals surface area contributed by atoms with Gasteiger partial charge in [0.15, 0.2) is 5.82 Å². The van der Waals surface area contributed by atoms with Crippen molar-refractivity contribution in [2.75, 3.05) is 18.1 Å². The maximum absolute atomic E-state index is 14.5. The van der Waals surface area contributed by atoms with E-state index in [2.05, 4.69) is 5.10 Å². The van der Waals surface area contributed by atoms with E-state index in [9.17, 15) is 35.5 Å². The minimum absolute atomic E-state index is 0.277. The Kier molecular flexibility index (Phi) is 7.28. The van der Waals surface area contributed by atoms with Crippen LogP contribution in [0.2, 0.25) is 0 Å². The standard InChI is InChI=1S/C25H24F7N3O2S/c1-23(2,3)37-22(36)34-10-8-14(9-11-34)19-6-7-20(38-19)18-13-21(24(28,29)25(30,31)32)33-35(18)17-5-4-15(26)12-16(17)27/h4-8,12,18H,9-11,13H2,1-3H3. The number of alkyl halides is 5. The second-order valence-electron chi connectivity index (χ2n) is 9.89. The van der Waals surface area contributed by atoms with Crippen molar-refractivity contribution in [3.8, 4) is 0 Å². The average Bonchev–Trinajstić information content (AvgIpc) is 3.45. The summed E-state index contributed by atoms with van der Waals surface area (Å²) in [6.07, 6.45) is -4.88. The lowest BCUT2D eigenvalue weighted by Crippen LogP contribution is -2.43. The van der Waals surface area contributed by atoms with Crippen molar-refractivity contribution in [3.05, 3.63) is 57.8 Å². The quantitative estimate of drug-likeness (QED) is 0.361. The Morgan fingerprint density at radius 1 is 1.08 bits per heavy atom. The van der Waals surface area contributed by atoms with Crippen LogP contribution < -0.4 is 5.01 Å². The van der Waals surface area contributed by atoms with Gasteiger partial charge in [0, 0.05) is 35.3 Å². The maximum atomic E-state index is 14.5. The van der Waals surface area contributed by atoms with Gasteiger partial charge in [0.2, 0.25) is 0 Å². The molecule has 5 nitrogen and oxygen atoms in total. The molecule has 1 aromatic carbocycles. The Labute approximate surface area is 218 Å². The second-order valence-corrected chi connectivity index (χ2v) is 11.0. The van der Waals surface area contributed by atoms with E-state index in [0.717, 1.165) is 38.9 Å². The highest BCUT2D eigenvalue weighted by molar-refractivity contribution is 7.13.